The van der Waals surface area contributed by atoms with Crippen LogP contribution in [0.4, 0.5) is 5.69 Å². The molecule has 0 unspecified atom stereocenters. The van der Waals surface area contributed by atoms with E-state index in [9.17, 15) is 14.4 Å². The third kappa shape index (κ3) is 4.80. The number of hydrogen-bond acceptors (Lipinski definition) is 8. The molecular weight excluding hydrogens is 304 g/mol. The number of nitrogens with one attached hydrogen (secondary N) is 1. The number of nitrogens with zero attached hydrogens (tertiary/aromatic N) is 1. The van der Waals surface area contributed by atoms with Crippen molar-refractivity contribution in [3.8, 4) is 5.75 Å². The minimum atomic E-state index is -0.959. The van der Waals surface area contributed by atoms with Crippen molar-refractivity contribution in [2.45, 2.75) is 13.3 Å². The largest absolute Gasteiger partial charge is 0.495 e. The second-order valence-corrected chi connectivity index (χ2v) is 4.39. The van der Waals surface area contributed by atoms with Gasteiger partial charge in [0.05, 0.1) is 21.3 Å². The summed E-state index contributed by atoms with van der Waals surface area (Å²) in [5.41, 5.74) is 3.35. The van der Waals surface area contributed by atoms with Crippen molar-refractivity contribution in [3.05, 3.63) is 23.8 Å². The number of methoxy groups -OCH3 is 3. The van der Waals surface area contributed by atoms with Crippen LogP contribution in [0.3, 0.4) is 0 Å². The third-order valence-electron chi connectivity index (χ3n) is 2.91. The zero-order valence-electron chi connectivity index (χ0n) is 13.3. The van der Waals surface area contributed by atoms with E-state index in [1.54, 1.807) is 25.1 Å². The fourth-order valence-electron chi connectivity index (χ4n) is 1.67. The van der Waals surface area contributed by atoms with Crippen LogP contribution in [-0.4, -0.2) is 44.8 Å². The first-order valence-electron chi connectivity index (χ1n) is 6.60. The highest BCUT2D eigenvalue weighted by atomic mass is 16.5. The molecule has 0 aliphatic heterocycles. The Morgan fingerprint density at radius 1 is 1.13 bits per heavy atom. The Morgan fingerprint density at radius 2 is 1.83 bits per heavy atom. The average Bonchev–Trinajstić information content (AvgIpc) is 2.55. The number of carbonyl (C=O) groups excluding carboxylic acids is 3. The molecule has 0 spiro atoms. The molecule has 23 heavy (non-hydrogen) atoms. The molecule has 8 nitrogen and oxygen atoms in total. The molecule has 0 atom stereocenters. The monoisotopic (exact) mass is 322 g/mol. The summed E-state index contributed by atoms with van der Waals surface area (Å²) in [4.78, 5) is 34.8. The Hall–Kier alpha value is -2.90. The Labute approximate surface area is 133 Å². The lowest BCUT2D eigenvalue weighted by Gasteiger charge is -2.11. The molecule has 0 aromatic heterocycles. The summed E-state index contributed by atoms with van der Waals surface area (Å²) in [6.45, 7) is 1.80. The van der Waals surface area contributed by atoms with Crippen LogP contribution in [-0.2, 0) is 23.9 Å². The molecule has 0 saturated heterocycles. The molecule has 0 aliphatic rings. The fourth-order valence-corrected chi connectivity index (χ4v) is 1.67. The zero-order chi connectivity index (χ0) is 17.4. The maximum Gasteiger partial charge on any atom is 0.362 e. The van der Waals surface area contributed by atoms with E-state index < -0.39 is 29.9 Å². The number of ketones is 1. The number of para-hydroxylation sites is 1. The molecule has 8 heteroatoms. The highest BCUT2D eigenvalue weighted by Crippen LogP contribution is 2.27. The lowest BCUT2D eigenvalue weighted by molar-refractivity contribution is -0.142. The topological polar surface area (TPSA) is 103 Å². The summed E-state index contributed by atoms with van der Waals surface area (Å²) in [6.07, 6.45) is -0.614. The van der Waals surface area contributed by atoms with Crippen LogP contribution >= 0.6 is 0 Å². The molecule has 0 heterocycles. The van der Waals surface area contributed by atoms with Crippen molar-refractivity contribution < 1.29 is 28.6 Å². The highest BCUT2D eigenvalue weighted by molar-refractivity contribution is 6.65. The number of rotatable bonds is 7. The van der Waals surface area contributed by atoms with E-state index >= 15 is 0 Å². The molecule has 1 N–H and O–H groups in total. The standard InChI is InChI=1S/C15H18N2O6/c1-9-6-5-7-11(21-2)13(9)16-17-14(15(20)23-4)10(18)8-12(19)22-3/h5-7,16H,8H2,1-4H3/b17-14+. The van der Waals surface area contributed by atoms with Crippen molar-refractivity contribution in [1.82, 2.24) is 0 Å². The molecule has 0 amide bonds. The van der Waals surface area contributed by atoms with E-state index in [4.69, 9.17) is 4.74 Å². The number of carbonyl (C=O) groups is 3. The van der Waals surface area contributed by atoms with E-state index in [0.29, 0.717) is 11.4 Å². The van der Waals surface area contributed by atoms with Crippen LogP contribution in [0, 0.1) is 6.92 Å². The quantitative estimate of drug-likeness (QED) is 0.347. The molecule has 124 valence electrons. The van der Waals surface area contributed by atoms with Gasteiger partial charge in [-0.1, -0.05) is 12.1 Å². The van der Waals surface area contributed by atoms with Crippen LogP contribution in [0.5, 0.6) is 5.75 Å². The molecule has 1 aromatic carbocycles. The van der Waals surface area contributed by atoms with Crippen molar-refractivity contribution in [1.29, 1.82) is 0 Å². The van der Waals surface area contributed by atoms with Gasteiger partial charge in [-0.2, -0.15) is 5.10 Å². The van der Waals surface area contributed by atoms with Gasteiger partial charge in [0.15, 0.2) is 0 Å². The minimum absolute atomic E-state index is 0.485. The number of aryl methyl sites for hydroxylation is 1. The van der Waals surface area contributed by atoms with Gasteiger partial charge in [-0.3, -0.25) is 15.0 Å². The Kier molecular flexibility index (Phi) is 6.72. The van der Waals surface area contributed by atoms with Gasteiger partial charge in [0.25, 0.3) is 0 Å². The Morgan fingerprint density at radius 3 is 2.39 bits per heavy atom. The molecule has 0 saturated carbocycles. The maximum absolute atomic E-state index is 12.0. The number of Topliss-reactive ketones (excluding diaryl/α,β-unsaturated/α-hetero) is 1. The summed E-state index contributed by atoms with van der Waals surface area (Å²) in [6, 6.07) is 5.28. The number of hydrazone groups is 1. The van der Waals surface area contributed by atoms with Gasteiger partial charge < -0.3 is 14.2 Å². The number of hydrogen-bond donors (Lipinski definition) is 1. The van der Waals surface area contributed by atoms with Crippen molar-refractivity contribution in [3.63, 3.8) is 0 Å². The van der Waals surface area contributed by atoms with Gasteiger partial charge in [0, 0.05) is 0 Å². The van der Waals surface area contributed by atoms with Gasteiger partial charge >= 0.3 is 11.9 Å². The number of ether oxygens (including phenoxy) is 3. The summed E-state index contributed by atoms with van der Waals surface area (Å²) < 4.78 is 14.1. The molecule has 0 fully saturated rings. The predicted octanol–water partition coefficient (Wildman–Crippen LogP) is 1.08. The Balaban J connectivity index is 3.09. The smallest absolute Gasteiger partial charge is 0.362 e. The molecular formula is C15H18N2O6. The lowest BCUT2D eigenvalue weighted by Crippen LogP contribution is -2.28. The number of anilines is 1. The summed E-state index contributed by atoms with van der Waals surface area (Å²) in [5.74, 6) is -2.07. The molecule has 1 aromatic rings. The van der Waals surface area contributed by atoms with E-state index in [1.165, 1.54) is 7.11 Å². The van der Waals surface area contributed by atoms with Gasteiger partial charge in [0.2, 0.25) is 11.5 Å². The zero-order valence-corrected chi connectivity index (χ0v) is 13.3. The first-order chi connectivity index (χ1) is 10.9. The molecule has 0 radical (unpaired) electrons. The van der Waals surface area contributed by atoms with Crippen molar-refractivity contribution in [2.75, 3.05) is 26.8 Å². The number of benzene rings is 1. The summed E-state index contributed by atoms with van der Waals surface area (Å²) >= 11 is 0. The molecule has 1 rings (SSSR count). The van der Waals surface area contributed by atoms with E-state index in [0.717, 1.165) is 19.8 Å². The van der Waals surface area contributed by atoms with Gasteiger partial charge in [0.1, 0.15) is 17.9 Å². The lowest BCUT2D eigenvalue weighted by atomic mass is 10.2. The second kappa shape index (κ2) is 8.52. The highest BCUT2D eigenvalue weighted by Gasteiger charge is 2.24. The van der Waals surface area contributed by atoms with Crippen LogP contribution in [0.15, 0.2) is 23.3 Å². The second-order valence-electron chi connectivity index (χ2n) is 4.39. The van der Waals surface area contributed by atoms with Crippen LogP contribution in [0.25, 0.3) is 0 Å². The third-order valence-corrected chi connectivity index (χ3v) is 2.91. The molecule has 0 bridgehead atoms. The first-order valence-corrected chi connectivity index (χ1v) is 6.60. The average molecular weight is 322 g/mol. The normalized spacial score (nSPS) is 10.7. The summed E-state index contributed by atoms with van der Waals surface area (Å²) in [7, 11) is 3.73. The van der Waals surface area contributed by atoms with Crippen LogP contribution < -0.4 is 10.2 Å². The molecule has 0 aliphatic carbocycles. The van der Waals surface area contributed by atoms with Gasteiger partial charge in [-0.25, -0.2) is 4.79 Å². The fraction of sp³-hybridized carbons (Fsp3) is 0.333. The van der Waals surface area contributed by atoms with Crippen molar-refractivity contribution >= 4 is 29.1 Å². The minimum Gasteiger partial charge on any atom is -0.495 e. The SMILES string of the molecule is COC(=O)CC(=O)/C(=N\Nc1c(C)cccc1OC)C(=O)OC. The van der Waals surface area contributed by atoms with Crippen LogP contribution in [0.2, 0.25) is 0 Å². The van der Waals surface area contributed by atoms with E-state index in [-0.39, 0.29) is 0 Å². The van der Waals surface area contributed by atoms with Crippen molar-refractivity contribution in [2.24, 2.45) is 5.10 Å². The maximum atomic E-state index is 12.0. The summed E-state index contributed by atoms with van der Waals surface area (Å²) in [5, 5.41) is 3.78. The van der Waals surface area contributed by atoms with E-state index in [1.807, 2.05) is 0 Å². The van der Waals surface area contributed by atoms with Gasteiger partial charge in [-0.15, -0.1) is 0 Å². The van der Waals surface area contributed by atoms with Gasteiger partial charge in [-0.05, 0) is 18.6 Å². The predicted molar refractivity (Wildman–Crippen MR) is 82.4 cm³/mol. The Bertz CT molecular complexity index is 639. The first kappa shape index (κ1) is 18.1. The number of esters is 2. The van der Waals surface area contributed by atoms with Crippen LogP contribution in [0.1, 0.15) is 12.0 Å². The van der Waals surface area contributed by atoms with E-state index in [2.05, 4.69) is 20.0 Å².